The molecule has 0 fully saturated rings. The Bertz CT molecular complexity index is 52.9. The number of nitrogens with one attached hydrogen (secondary N) is 1. The van der Waals surface area contributed by atoms with Gasteiger partial charge in [0.15, 0.2) is 0 Å². The van der Waals surface area contributed by atoms with E-state index in [0.29, 0.717) is 0 Å². The third-order valence-corrected chi connectivity index (χ3v) is 2.03. The van der Waals surface area contributed by atoms with Crippen LogP contribution in [0.25, 0.3) is 0 Å². The Morgan fingerprint density at radius 2 is 1.18 bits per heavy atom. The summed E-state index contributed by atoms with van der Waals surface area (Å²) < 4.78 is 3.02. The zero-order valence-corrected chi connectivity index (χ0v) is 14.7. The van der Waals surface area contributed by atoms with E-state index < -0.39 is 0 Å². The molecule has 0 aromatic carbocycles. The smallest absolute Gasteiger partial charge is 0.00784 e. The lowest BCUT2D eigenvalue weighted by molar-refractivity contribution is 0.886. The summed E-state index contributed by atoms with van der Waals surface area (Å²) in [5.74, 6) is 1.24. The van der Waals surface area contributed by atoms with E-state index in [9.17, 15) is 0 Å². The summed E-state index contributed by atoms with van der Waals surface area (Å²) >= 11 is 1.78. The number of hydrogen-bond acceptors (Lipinski definition) is 2. The molecule has 2 heteroatoms. The predicted octanol–water partition coefficient (Wildman–Crippen LogP) is 6.32. The molecular weight excluding hydrogens is 226 g/mol. The van der Waals surface area contributed by atoms with Gasteiger partial charge >= 0.3 is 0 Å². The lowest BCUT2D eigenvalue weighted by atomic mass is 10.4. The highest BCUT2D eigenvalue weighted by Gasteiger charge is 1.79. The van der Waals surface area contributed by atoms with Gasteiger partial charge in [0.1, 0.15) is 0 Å². The molecule has 0 unspecified atom stereocenters. The second-order valence-corrected chi connectivity index (χ2v) is 3.51. The maximum Gasteiger partial charge on any atom is 0.00784 e. The Morgan fingerprint density at radius 1 is 0.824 bits per heavy atom. The lowest BCUT2D eigenvalue weighted by Crippen LogP contribution is -1.92. The van der Waals surface area contributed by atoms with Gasteiger partial charge in [0, 0.05) is 5.75 Å². The van der Waals surface area contributed by atoms with Crippen molar-refractivity contribution in [2.45, 2.75) is 74.1 Å². The molecule has 1 nitrogen and oxygen atoms in total. The third kappa shape index (κ3) is 124. The highest BCUT2D eigenvalue weighted by atomic mass is 32.2. The highest BCUT2D eigenvalue weighted by molar-refractivity contribution is 7.97. The van der Waals surface area contributed by atoms with Gasteiger partial charge in [0.05, 0.1) is 0 Å². The van der Waals surface area contributed by atoms with Crippen LogP contribution in [0.2, 0.25) is 0 Å². The minimum absolute atomic E-state index is 1.24. The molecular formula is C15H39NS. The molecule has 0 heterocycles. The van der Waals surface area contributed by atoms with Gasteiger partial charge in [-0.15, -0.1) is 13.2 Å². The maximum absolute atomic E-state index is 3.02. The van der Waals surface area contributed by atoms with Crippen LogP contribution in [0.3, 0.4) is 0 Å². The van der Waals surface area contributed by atoms with Crippen LogP contribution in [-0.2, 0) is 0 Å². The second kappa shape index (κ2) is 73.1. The standard InChI is InChI=1S/C5H13NS.C4H10.2C2H6.C2H4/c1-3-4-5-7-6-2;1-3-4-2;3*1-2/h6H,3-5H2,1-2H3;3-4H2,1-2H3;2*1-2H3;1-2H2. The summed E-state index contributed by atoms with van der Waals surface area (Å²) in [4.78, 5) is 0. The molecule has 0 saturated heterocycles. The summed E-state index contributed by atoms with van der Waals surface area (Å²) in [5.41, 5.74) is 0. The minimum atomic E-state index is 1.24. The molecule has 110 valence electrons. The SMILES string of the molecule is C=C.CC.CC.CCCC.CCCCSNC. The van der Waals surface area contributed by atoms with Gasteiger partial charge < -0.3 is 0 Å². The number of hydrogen-bond donors (Lipinski definition) is 1. The summed E-state index contributed by atoms with van der Waals surface area (Å²) in [7, 11) is 1.96. The average molecular weight is 266 g/mol. The Hall–Kier alpha value is 0.0500. The van der Waals surface area contributed by atoms with Crippen molar-refractivity contribution in [3.05, 3.63) is 13.2 Å². The molecule has 0 aliphatic rings. The first-order valence-electron chi connectivity index (χ1n) is 7.11. The van der Waals surface area contributed by atoms with E-state index >= 15 is 0 Å². The molecule has 0 aromatic rings. The zero-order chi connectivity index (χ0) is 14.9. The molecule has 0 saturated carbocycles. The number of unbranched alkanes of at least 4 members (excludes halogenated alkanes) is 2. The van der Waals surface area contributed by atoms with Gasteiger partial charge in [-0.3, -0.25) is 4.72 Å². The Morgan fingerprint density at radius 3 is 1.35 bits per heavy atom. The summed E-state index contributed by atoms with van der Waals surface area (Å²) in [6.07, 6.45) is 5.26. The Balaban J connectivity index is -0.0000000412. The van der Waals surface area contributed by atoms with Gasteiger partial charge in [-0.25, -0.2) is 0 Å². The molecule has 1 N–H and O–H groups in total. The minimum Gasteiger partial charge on any atom is -0.267 e. The largest absolute Gasteiger partial charge is 0.267 e. The molecule has 17 heavy (non-hydrogen) atoms. The number of rotatable bonds is 5. The van der Waals surface area contributed by atoms with Crippen molar-refractivity contribution in [1.29, 1.82) is 0 Å². The first-order chi connectivity index (χ1) is 8.33. The van der Waals surface area contributed by atoms with Crippen LogP contribution in [-0.4, -0.2) is 12.8 Å². The first-order valence-corrected chi connectivity index (χ1v) is 8.10. The fourth-order valence-electron chi connectivity index (χ4n) is 0.319. The maximum atomic E-state index is 3.02. The summed E-state index contributed by atoms with van der Waals surface area (Å²) in [5, 5.41) is 0. The highest BCUT2D eigenvalue weighted by Crippen LogP contribution is 1.96. The molecule has 0 aliphatic carbocycles. The van der Waals surface area contributed by atoms with Gasteiger partial charge in [-0.1, -0.05) is 79.7 Å². The molecule has 0 aromatic heterocycles. The van der Waals surface area contributed by atoms with Gasteiger partial charge in [0.2, 0.25) is 0 Å². The van der Waals surface area contributed by atoms with Crippen molar-refractivity contribution < 1.29 is 0 Å². The Labute approximate surface area is 117 Å². The molecule has 0 rings (SSSR count). The van der Waals surface area contributed by atoms with Crippen LogP contribution in [0.4, 0.5) is 0 Å². The van der Waals surface area contributed by atoms with Crippen molar-refractivity contribution in [3.8, 4) is 0 Å². The Kier molecular flexibility index (Phi) is 130. The van der Waals surface area contributed by atoms with Crippen molar-refractivity contribution in [1.82, 2.24) is 4.72 Å². The second-order valence-electron chi connectivity index (χ2n) is 2.41. The molecule has 0 bridgehead atoms. The van der Waals surface area contributed by atoms with Gasteiger partial charge in [0.25, 0.3) is 0 Å². The van der Waals surface area contributed by atoms with Crippen molar-refractivity contribution in [3.63, 3.8) is 0 Å². The van der Waals surface area contributed by atoms with Crippen molar-refractivity contribution in [2.75, 3.05) is 12.8 Å². The van der Waals surface area contributed by atoms with Crippen molar-refractivity contribution >= 4 is 11.9 Å². The predicted molar refractivity (Wildman–Crippen MR) is 91.0 cm³/mol. The van der Waals surface area contributed by atoms with Gasteiger partial charge in [-0.2, -0.15) is 0 Å². The van der Waals surface area contributed by atoms with E-state index in [-0.39, 0.29) is 0 Å². The van der Waals surface area contributed by atoms with Crippen LogP contribution in [0.1, 0.15) is 74.1 Å². The molecule has 0 atom stereocenters. The summed E-state index contributed by atoms with van der Waals surface area (Å²) in [6, 6.07) is 0. The van der Waals surface area contributed by atoms with Crippen LogP contribution < -0.4 is 4.72 Å². The van der Waals surface area contributed by atoms with E-state index in [1.807, 2.05) is 34.7 Å². The van der Waals surface area contributed by atoms with E-state index in [2.05, 4.69) is 38.7 Å². The van der Waals surface area contributed by atoms with Crippen molar-refractivity contribution in [2.24, 2.45) is 0 Å². The summed E-state index contributed by atoms with van der Waals surface area (Å²) in [6.45, 7) is 20.6. The molecule has 0 radical (unpaired) electrons. The third-order valence-electron chi connectivity index (χ3n) is 1.24. The quantitative estimate of drug-likeness (QED) is 0.355. The van der Waals surface area contributed by atoms with E-state index in [4.69, 9.17) is 0 Å². The average Bonchev–Trinajstić information content (AvgIpc) is 2.46. The molecule has 0 amide bonds. The van der Waals surface area contributed by atoms with E-state index in [1.54, 1.807) is 11.9 Å². The normalized spacial score (nSPS) is 6.59. The first kappa shape index (κ1) is 30.2. The van der Waals surface area contributed by atoms with E-state index in [1.165, 1.54) is 31.4 Å². The monoisotopic (exact) mass is 265 g/mol. The van der Waals surface area contributed by atoms with Crippen LogP contribution in [0.15, 0.2) is 13.2 Å². The van der Waals surface area contributed by atoms with Crippen LogP contribution in [0, 0.1) is 0 Å². The molecule has 0 spiro atoms. The van der Waals surface area contributed by atoms with E-state index in [0.717, 1.165) is 0 Å². The fourth-order valence-corrected chi connectivity index (χ4v) is 0.956. The fraction of sp³-hybridized carbons (Fsp3) is 0.867. The van der Waals surface area contributed by atoms with Gasteiger partial charge in [-0.05, 0) is 13.5 Å². The topological polar surface area (TPSA) is 12.0 Å². The zero-order valence-electron chi connectivity index (χ0n) is 13.9. The van der Waals surface area contributed by atoms with Crippen LogP contribution >= 0.6 is 11.9 Å². The molecule has 0 aliphatic heterocycles. The van der Waals surface area contributed by atoms with Crippen LogP contribution in [0.5, 0.6) is 0 Å². The lowest BCUT2D eigenvalue weighted by Gasteiger charge is -1.92.